The molecule has 3 heterocycles. The Kier molecular flexibility index (Phi) is 6.96. The highest BCUT2D eigenvalue weighted by Gasteiger charge is 2.22. The summed E-state index contributed by atoms with van der Waals surface area (Å²) in [6.45, 7) is 2.08. The molecule has 0 unspecified atom stereocenters. The maximum atomic E-state index is 11.0. The molecule has 0 atom stereocenters. The van der Waals surface area contributed by atoms with E-state index in [1.165, 1.54) is 7.05 Å². The molecular formula is C20H24ClN5OS. The van der Waals surface area contributed by atoms with Crippen molar-refractivity contribution in [3.63, 3.8) is 0 Å². The molecule has 1 saturated heterocycles. The lowest BCUT2D eigenvalue weighted by Crippen LogP contribution is -2.41. The molecule has 1 fully saturated rings. The van der Waals surface area contributed by atoms with Crippen molar-refractivity contribution in [2.24, 2.45) is 5.73 Å². The average Bonchev–Trinajstić information content (AvgIpc) is 3.19. The van der Waals surface area contributed by atoms with Crippen molar-refractivity contribution in [1.29, 1.82) is 0 Å². The van der Waals surface area contributed by atoms with E-state index in [1.807, 2.05) is 12.1 Å². The predicted molar refractivity (Wildman–Crippen MR) is 118 cm³/mol. The Bertz CT molecular complexity index is 955. The van der Waals surface area contributed by atoms with E-state index in [4.69, 9.17) is 11.6 Å². The van der Waals surface area contributed by atoms with Gasteiger partial charge in [0.05, 0.1) is 15.2 Å². The van der Waals surface area contributed by atoms with E-state index in [2.05, 4.69) is 38.3 Å². The minimum Gasteiger partial charge on any atom is -0.355 e. The standard InChI is InChI=1S/C19H19ClN4OS.CH5N/c1-24(14-4-6-21-7-5-14)19-18-17(22-11-23-19)15(10-26-18)12-2-3-13(9-25)16(20)8-12;1-2/h2-3,8-11,14,21H,4-7H2,1H3;2H2,1H3. The number of hydrogen-bond donors (Lipinski definition) is 2. The Hall–Kier alpha value is -2.06. The van der Waals surface area contributed by atoms with Gasteiger partial charge in [-0.25, -0.2) is 9.97 Å². The summed E-state index contributed by atoms with van der Waals surface area (Å²) >= 11 is 7.85. The van der Waals surface area contributed by atoms with Crippen molar-refractivity contribution in [2.45, 2.75) is 18.9 Å². The molecule has 28 heavy (non-hydrogen) atoms. The maximum absolute atomic E-state index is 11.0. The molecule has 3 N–H and O–H groups in total. The number of benzene rings is 1. The minimum atomic E-state index is 0.456. The van der Waals surface area contributed by atoms with Gasteiger partial charge in [0.2, 0.25) is 0 Å². The van der Waals surface area contributed by atoms with Gasteiger partial charge >= 0.3 is 0 Å². The third-order valence-corrected chi connectivity index (χ3v) is 6.26. The van der Waals surface area contributed by atoms with Crippen LogP contribution < -0.4 is 16.0 Å². The van der Waals surface area contributed by atoms with Gasteiger partial charge in [0.25, 0.3) is 0 Å². The first kappa shape index (κ1) is 20.7. The fourth-order valence-corrected chi connectivity index (χ4v) is 4.74. The Labute approximate surface area is 173 Å². The van der Waals surface area contributed by atoms with E-state index in [1.54, 1.807) is 23.7 Å². The summed E-state index contributed by atoms with van der Waals surface area (Å²) in [5.74, 6) is 0.980. The first-order valence-electron chi connectivity index (χ1n) is 9.17. The minimum absolute atomic E-state index is 0.456. The SMILES string of the molecule is CN.CN(c1ncnc2c(-c3ccc(C=O)c(Cl)c3)csc12)C1CCNCC1. The fourth-order valence-electron chi connectivity index (χ4n) is 3.45. The monoisotopic (exact) mass is 417 g/mol. The summed E-state index contributed by atoms with van der Waals surface area (Å²) < 4.78 is 1.08. The number of fused-ring (bicyclic) bond motifs is 1. The highest BCUT2D eigenvalue weighted by Crippen LogP contribution is 2.38. The molecule has 3 aromatic rings. The molecular weight excluding hydrogens is 394 g/mol. The number of nitrogens with one attached hydrogen (secondary N) is 1. The second-order valence-corrected chi connectivity index (χ2v) is 7.76. The van der Waals surface area contributed by atoms with Crippen molar-refractivity contribution in [2.75, 3.05) is 32.1 Å². The van der Waals surface area contributed by atoms with Crippen LogP contribution in [0.15, 0.2) is 29.9 Å². The van der Waals surface area contributed by atoms with Gasteiger partial charge < -0.3 is 16.0 Å². The van der Waals surface area contributed by atoms with Crippen LogP contribution in [0.4, 0.5) is 5.82 Å². The summed E-state index contributed by atoms with van der Waals surface area (Å²) in [6.07, 6.45) is 4.63. The Morgan fingerprint density at radius 1 is 1.29 bits per heavy atom. The summed E-state index contributed by atoms with van der Waals surface area (Å²) in [5, 5.41) is 5.95. The number of thiophene rings is 1. The molecule has 4 rings (SSSR count). The van der Waals surface area contributed by atoms with E-state index < -0.39 is 0 Å². The second-order valence-electron chi connectivity index (χ2n) is 6.47. The molecule has 6 nitrogen and oxygen atoms in total. The fraction of sp³-hybridized carbons (Fsp3) is 0.350. The zero-order valence-electron chi connectivity index (χ0n) is 16.0. The predicted octanol–water partition coefficient (Wildman–Crippen LogP) is 3.59. The van der Waals surface area contributed by atoms with Crippen LogP contribution >= 0.6 is 22.9 Å². The number of piperidine rings is 1. The van der Waals surface area contributed by atoms with Crippen LogP contribution in [0.5, 0.6) is 0 Å². The lowest BCUT2D eigenvalue weighted by atomic mass is 10.0. The smallest absolute Gasteiger partial charge is 0.151 e. The number of carbonyl (C=O) groups excluding carboxylic acids is 1. The Morgan fingerprint density at radius 3 is 2.71 bits per heavy atom. The summed E-state index contributed by atoms with van der Waals surface area (Å²) in [7, 11) is 3.62. The van der Waals surface area contributed by atoms with Crippen LogP contribution in [0, 0.1) is 0 Å². The van der Waals surface area contributed by atoms with Crippen molar-refractivity contribution in [3.05, 3.63) is 40.5 Å². The van der Waals surface area contributed by atoms with Crippen molar-refractivity contribution >= 4 is 45.3 Å². The molecule has 148 valence electrons. The molecule has 0 aliphatic carbocycles. The number of hydrogen-bond acceptors (Lipinski definition) is 7. The lowest BCUT2D eigenvalue weighted by Gasteiger charge is -2.32. The largest absolute Gasteiger partial charge is 0.355 e. The topological polar surface area (TPSA) is 84.1 Å². The van der Waals surface area contributed by atoms with Crippen molar-refractivity contribution in [3.8, 4) is 11.1 Å². The van der Waals surface area contributed by atoms with Gasteiger partial charge in [-0.1, -0.05) is 17.7 Å². The number of nitrogens with two attached hydrogens (primary N) is 1. The Balaban J connectivity index is 0.00000109. The summed E-state index contributed by atoms with van der Waals surface area (Å²) in [4.78, 5) is 22.4. The van der Waals surface area contributed by atoms with Gasteiger partial charge in [-0.2, -0.15) is 0 Å². The zero-order valence-corrected chi connectivity index (χ0v) is 17.6. The van der Waals surface area contributed by atoms with Crippen LogP contribution in [-0.2, 0) is 0 Å². The first-order chi connectivity index (χ1) is 13.7. The number of anilines is 1. The van der Waals surface area contributed by atoms with Gasteiger partial charge in [0.1, 0.15) is 12.1 Å². The quantitative estimate of drug-likeness (QED) is 0.631. The van der Waals surface area contributed by atoms with Crippen LogP contribution in [0.2, 0.25) is 5.02 Å². The van der Waals surface area contributed by atoms with Gasteiger partial charge in [-0.15, -0.1) is 11.3 Å². The molecule has 0 saturated carbocycles. The van der Waals surface area contributed by atoms with Gasteiger partial charge in [-0.3, -0.25) is 4.79 Å². The number of carbonyl (C=O) groups is 1. The number of halogens is 1. The summed E-state index contributed by atoms with van der Waals surface area (Å²) in [5.41, 5.74) is 7.90. The highest BCUT2D eigenvalue weighted by molar-refractivity contribution is 7.18. The number of rotatable bonds is 4. The van der Waals surface area contributed by atoms with E-state index in [9.17, 15) is 4.79 Å². The Morgan fingerprint density at radius 2 is 2.04 bits per heavy atom. The average molecular weight is 418 g/mol. The van der Waals surface area contributed by atoms with E-state index in [-0.39, 0.29) is 0 Å². The zero-order chi connectivity index (χ0) is 20.1. The van der Waals surface area contributed by atoms with Gasteiger partial charge in [-0.05, 0) is 50.7 Å². The van der Waals surface area contributed by atoms with Gasteiger partial charge in [0.15, 0.2) is 6.29 Å². The van der Waals surface area contributed by atoms with E-state index >= 15 is 0 Å². The molecule has 0 spiro atoms. The molecule has 2 aromatic heterocycles. The second kappa shape index (κ2) is 9.43. The molecule has 0 amide bonds. The molecule has 1 aliphatic rings. The van der Waals surface area contributed by atoms with Crippen LogP contribution in [0.3, 0.4) is 0 Å². The molecule has 0 bridgehead atoms. The van der Waals surface area contributed by atoms with Crippen molar-refractivity contribution < 1.29 is 4.79 Å². The van der Waals surface area contributed by atoms with Crippen LogP contribution in [-0.4, -0.2) is 49.5 Å². The molecule has 1 aliphatic heterocycles. The normalized spacial score (nSPS) is 14.4. The molecule has 8 heteroatoms. The third-order valence-electron chi connectivity index (χ3n) is 4.96. The first-order valence-corrected chi connectivity index (χ1v) is 10.4. The van der Waals surface area contributed by atoms with E-state index in [0.717, 1.165) is 59.4 Å². The third kappa shape index (κ3) is 4.03. The van der Waals surface area contributed by atoms with Crippen LogP contribution in [0.1, 0.15) is 23.2 Å². The van der Waals surface area contributed by atoms with Crippen molar-refractivity contribution in [1.82, 2.24) is 15.3 Å². The maximum Gasteiger partial charge on any atom is 0.151 e. The lowest BCUT2D eigenvalue weighted by molar-refractivity contribution is 0.112. The number of aromatic nitrogens is 2. The number of aldehydes is 1. The van der Waals surface area contributed by atoms with Crippen LogP contribution in [0.25, 0.3) is 21.3 Å². The van der Waals surface area contributed by atoms with E-state index in [0.29, 0.717) is 16.6 Å². The van der Waals surface area contributed by atoms with Gasteiger partial charge in [0, 0.05) is 29.6 Å². The summed E-state index contributed by atoms with van der Waals surface area (Å²) in [6, 6.07) is 5.97. The highest BCUT2D eigenvalue weighted by atomic mass is 35.5. The number of nitrogens with zero attached hydrogens (tertiary/aromatic N) is 3. The molecule has 0 radical (unpaired) electrons. The molecule has 1 aromatic carbocycles.